The lowest BCUT2D eigenvalue weighted by Gasteiger charge is -2.22. The molecule has 1 N–H and O–H groups in total. The predicted octanol–water partition coefficient (Wildman–Crippen LogP) is 3.26. The first-order valence-electron chi connectivity index (χ1n) is 7.01. The molecule has 0 saturated heterocycles. The Morgan fingerprint density at radius 2 is 1.89 bits per heavy atom. The van der Waals surface area contributed by atoms with Gasteiger partial charge in [-0.1, -0.05) is 26.2 Å². The Bertz CT molecular complexity index is 473. The van der Waals surface area contributed by atoms with Gasteiger partial charge >= 0.3 is 0 Å². The number of carbonyl (C=O) groups excluding carboxylic acids is 1. The van der Waals surface area contributed by atoms with E-state index in [1.54, 1.807) is 24.3 Å². The van der Waals surface area contributed by atoms with E-state index in [1.807, 2.05) is 0 Å². The molecule has 1 saturated carbocycles. The standard InChI is InChI=1S/C16H20N2O/c1-12-5-3-2-4-6-15(12)18-16(19)14-9-7-13(11-17)8-10-14/h7-10,12,15H,2-6H2,1H3,(H,18,19). The van der Waals surface area contributed by atoms with E-state index in [0.29, 0.717) is 17.0 Å². The minimum Gasteiger partial charge on any atom is -0.349 e. The highest BCUT2D eigenvalue weighted by Crippen LogP contribution is 2.23. The predicted molar refractivity (Wildman–Crippen MR) is 74.7 cm³/mol. The van der Waals surface area contributed by atoms with Gasteiger partial charge in [0.2, 0.25) is 0 Å². The molecule has 2 unspecified atom stereocenters. The van der Waals surface area contributed by atoms with Crippen LogP contribution >= 0.6 is 0 Å². The molecular formula is C16H20N2O. The summed E-state index contributed by atoms with van der Waals surface area (Å²) < 4.78 is 0. The third-order valence-corrected chi connectivity index (χ3v) is 3.95. The second-order valence-electron chi connectivity index (χ2n) is 5.38. The summed E-state index contributed by atoms with van der Waals surface area (Å²) in [7, 11) is 0. The number of carbonyl (C=O) groups is 1. The van der Waals surface area contributed by atoms with Crippen LogP contribution < -0.4 is 5.32 Å². The number of hydrogen-bond acceptors (Lipinski definition) is 2. The van der Waals surface area contributed by atoms with Gasteiger partial charge in [0.1, 0.15) is 0 Å². The Morgan fingerprint density at radius 3 is 2.58 bits per heavy atom. The number of amides is 1. The van der Waals surface area contributed by atoms with Gasteiger partial charge in [-0.3, -0.25) is 4.79 Å². The first-order chi connectivity index (χ1) is 9.20. The summed E-state index contributed by atoms with van der Waals surface area (Å²) in [6, 6.07) is 9.15. The van der Waals surface area contributed by atoms with Crippen LogP contribution in [0.15, 0.2) is 24.3 Å². The molecule has 0 spiro atoms. The van der Waals surface area contributed by atoms with Crippen molar-refractivity contribution >= 4 is 5.91 Å². The molecule has 2 rings (SSSR count). The number of nitrogens with zero attached hydrogens (tertiary/aromatic N) is 1. The second-order valence-corrected chi connectivity index (χ2v) is 5.38. The zero-order chi connectivity index (χ0) is 13.7. The molecule has 3 nitrogen and oxygen atoms in total. The number of nitrogens with one attached hydrogen (secondary N) is 1. The zero-order valence-corrected chi connectivity index (χ0v) is 11.4. The van der Waals surface area contributed by atoms with Crippen molar-refractivity contribution in [1.29, 1.82) is 5.26 Å². The Morgan fingerprint density at radius 1 is 1.21 bits per heavy atom. The molecular weight excluding hydrogens is 236 g/mol. The van der Waals surface area contributed by atoms with Crippen molar-refractivity contribution in [2.45, 2.75) is 45.1 Å². The topological polar surface area (TPSA) is 52.9 Å². The van der Waals surface area contributed by atoms with Gasteiger partial charge in [0, 0.05) is 11.6 Å². The molecule has 1 aliphatic rings. The van der Waals surface area contributed by atoms with Crippen LogP contribution in [0.2, 0.25) is 0 Å². The Balaban J connectivity index is 2.01. The molecule has 1 aromatic carbocycles. The van der Waals surface area contributed by atoms with E-state index < -0.39 is 0 Å². The van der Waals surface area contributed by atoms with E-state index in [1.165, 1.54) is 25.7 Å². The summed E-state index contributed by atoms with van der Waals surface area (Å²) >= 11 is 0. The molecule has 0 bridgehead atoms. The van der Waals surface area contributed by atoms with Gasteiger partial charge in [-0.15, -0.1) is 0 Å². The maximum Gasteiger partial charge on any atom is 0.251 e. The maximum absolute atomic E-state index is 12.2. The summed E-state index contributed by atoms with van der Waals surface area (Å²) in [5, 5.41) is 11.9. The van der Waals surface area contributed by atoms with E-state index >= 15 is 0 Å². The fourth-order valence-electron chi connectivity index (χ4n) is 2.66. The van der Waals surface area contributed by atoms with Crippen LogP contribution in [0, 0.1) is 17.2 Å². The van der Waals surface area contributed by atoms with Crippen LogP contribution in [0.5, 0.6) is 0 Å². The van der Waals surface area contributed by atoms with Gasteiger partial charge in [-0.05, 0) is 43.0 Å². The molecule has 3 heteroatoms. The Labute approximate surface area is 114 Å². The average molecular weight is 256 g/mol. The summed E-state index contributed by atoms with van der Waals surface area (Å²) in [5.74, 6) is 0.521. The number of hydrogen-bond donors (Lipinski definition) is 1. The van der Waals surface area contributed by atoms with Crippen LogP contribution in [-0.4, -0.2) is 11.9 Å². The van der Waals surface area contributed by atoms with Crippen LogP contribution in [0.25, 0.3) is 0 Å². The lowest BCUT2D eigenvalue weighted by molar-refractivity contribution is 0.0921. The third kappa shape index (κ3) is 3.57. The molecule has 1 fully saturated rings. The molecule has 1 amide bonds. The molecule has 100 valence electrons. The van der Waals surface area contributed by atoms with Crippen LogP contribution in [-0.2, 0) is 0 Å². The van der Waals surface area contributed by atoms with Gasteiger partial charge in [0.15, 0.2) is 0 Å². The van der Waals surface area contributed by atoms with Crippen molar-refractivity contribution in [2.24, 2.45) is 5.92 Å². The summed E-state index contributed by atoms with van der Waals surface area (Å²) in [4.78, 5) is 12.2. The van der Waals surface area contributed by atoms with Crippen molar-refractivity contribution in [3.05, 3.63) is 35.4 Å². The third-order valence-electron chi connectivity index (χ3n) is 3.95. The molecule has 2 atom stereocenters. The highest BCUT2D eigenvalue weighted by atomic mass is 16.1. The molecule has 0 heterocycles. The highest BCUT2D eigenvalue weighted by molar-refractivity contribution is 5.94. The van der Waals surface area contributed by atoms with Crippen LogP contribution in [0.3, 0.4) is 0 Å². The van der Waals surface area contributed by atoms with Gasteiger partial charge in [0.05, 0.1) is 11.6 Å². The summed E-state index contributed by atoms with van der Waals surface area (Å²) in [6.45, 7) is 2.22. The zero-order valence-electron chi connectivity index (χ0n) is 11.4. The largest absolute Gasteiger partial charge is 0.349 e. The van der Waals surface area contributed by atoms with Gasteiger partial charge in [0.25, 0.3) is 5.91 Å². The molecule has 0 aromatic heterocycles. The minimum atomic E-state index is -0.0248. The number of rotatable bonds is 2. The van der Waals surface area contributed by atoms with E-state index in [9.17, 15) is 4.79 Å². The SMILES string of the molecule is CC1CCCCCC1NC(=O)c1ccc(C#N)cc1. The summed E-state index contributed by atoms with van der Waals surface area (Å²) in [5.41, 5.74) is 1.22. The number of benzene rings is 1. The van der Waals surface area contributed by atoms with Gasteiger partial charge < -0.3 is 5.32 Å². The first kappa shape index (κ1) is 13.6. The fourth-order valence-corrected chi connectivity index (χ4v) is 2.66. The van der Waals surface area contributed by atoms with Crippen molar-refractivity contribution in [3.63, 3.8) is 0 Å². The van der Waals surface area contributed by atoms with E-state index in [-0.39, 0.29) is 11.9 Å². The van der Waals surface area contributed by atoms with E-state index in [2.05, 4.69) is 18.3 Å². The highest BCUT2D eigenvalue weighted by Gasteiger charge is 2.21. The molecule has 1 aromatic rings. The second kappa shape index (κ2) is 6.38. The quantitative estimate of drug-likeness (QED) is 0.826. The molecule has 19 heavy (non-hydrogen) atoms. The minimum absolute atomic E-state index is 0.0248. The Kier molecular flexibility index (Phi) is 4.57. The normalized spacial score (nSPS) is 23.2. The Hall–Kier alpha value is -1.82. The lowest BCUT2D eigenvalue weighted by Crippen LogP contribution is -2.38. The van der Waals surface area contributed by atoms with Gasteiger partial charge in [-0.2, -0.15) is 5.26 Å². The summed E-state index contributed by atoms with van der Waals surface area (Å²) in [6.07, 6.45) is 6.00. The monoisotopic (exact) mass is 256 g/mol. The van der Waals surface area contributed by atoms with Crippen molar-refractivity contribution in [2.75, 3.05) is 0 Å². The maximum atomic E-state index is 12.2. The van der Waals surface area contributed by atoms with Gasteiger partial charge in [-0.25, -0.2) is 0 Å². The van der Waals surface area contributed by atoms with Crippen molar-refractivity contribution in [3.8, 4) is 6.07 Å². The molecule has 0 aliphatic heterocycles. The fraction of sp³-hybridized carbons (Fsp3) is 0.500. The number of nitriles is 1. The molecule has 1 aliphatic carbocycles. The molecule has 0 radical (unpaired) electrons. The average Bonchev–Trinajstić information content (AvgIpc) is 2.64. The van der Waals surface area contributed by atoms with Crippen LogP contribution in [0.1, 0.15) is 54.9 Å². The van der Waals surface area contributed by atoms with Crippen LogP contribution in [0.4, 0.5) is 0 Å². The van der Waals surface area contributed by atoms with Crippen molar-refractivity contribution < 1.29 is 4.79 Å². The first-order valence-corrected chi connectivity index (χ1v) is 7.01. The lowest BCUT2D eigenvalue weighted by atomic mass is 9.96. The van der Waals surface area contributed by atoms with Crippen molar-refractivity contribution in [1.82, 2.24) is 5.32 Å². The van der Waals surface area contributed by atoms with E-state index in [4.69, 9.17) is 5.26 Å². The smallest absolute Gasteiger partial charge is 0.251 e. The van der Waals surface area contributed by atoms with E-state index in [0.717, 1.165) is 6.42 Å².